The third-order valence-electron chi connectivity index (χ3n) is 0.870. The average Bonchev–Trinajstić information content (AvgIpc) is 1.89. The molecule has 1 nitrogen and oxygen atoms in total. The van der Waals surface area contributed by atoms with Crippen molar-refractivity contribution in [2.75, 3.05) is 0 Å². The molecule has 0 unspecified atom stereocenters. The molecule has 50 valence electrons. The van der Waals surface area contributed by atoms with E-state index in [1.54, 1.807) is 0 Å². The van der Waals surface area contributed by atoms with Gasteiger partial charge in [0, 0.05) is 6.42 Å². The predicted molar refractivity (Wildman–Crippen MR) is 38.6 cm³/mol. The number of unbranched alkanes of at least 4 members (excludes halogenated alkanes) is 2. The second-order valence-corrected chi connectivity index (χ2v) is 1.67. The maximum atomic E-state index is 4.58. The summed E-state index contributed by atoms with van der Waals surface area (Å²) in [7, 11) is 0. The molecule has 0 saturated carbocycles. The van der Waals surface area contributed by atoms with E-state index in [0.717, 1.165) is 12.8 Å². The number of ether oxygens (including phenoxy) is 1. The van der Waals surface area contributed by atoms with Crippen LogP contribution in [0.15, 0.2) is 12.8 Å². The molecule has 0 N–H and O–H groups in total. The Kier molecular flexibility index (Phi) is 6.39. The van der Waals surface area contributed by atoms with Crippen molar-refractivity contribution in [3.05, 3.63) is 12.8 Å². The van der Waals surface area contributed by atoms with Crippen molar-refractivity contribution < 1.29 is 4.74 Å². The van der Waals surface area contributed by atoms with Crippen molar-refractivity contribution >= 4 is 0 Å². The lowest BCUT2D eigenvalue weighted by Crippen LogP contribution is -1.68. The minimum Gasteiger partial charge on any atom is -0.416 e. The molecular weight excluding hydrogens is 112 g/mol. The molecule has 0 saturated heterocycles. The molecule has 9 heavy (non-hydrogen) atoms. The molecule has 0 spiro atoms. The molecule has 0 aliphatic rings. The molecule has 0 aliphatic carbocycles. The van der Waals surface area contributed by atoms with Crippen molar-refractivity contribution in [1.29, 1.82) is 0 Å². The van der Waals surface area contributed by atoms with Gasteiger partial charge in [-0.2, -0.15) is 0 Å². The normalized spacial score (nSPS) is 7.22. The summed E-state index contributed by atoms with van der Waals surface area (Å²) < 4.78 is 4.58. The van der Waals surface area contributed by atoms with Crippen LogP contribution < -0.4 is 0 Å². The van der Waals surface area contributed by atoms with E-state index in [1.165, 1.54) is 12.7 Å². The molecule has 0 rings (SSSR count). The first-order valence-electron chi connectivity index (χ1n) is 3.16. The fraction of sp³-hybridized carbons (Fsp3) is 0.500. The number of rotatable bonds is 3. The topological polar surface area (TPSA) is 9.23 Å². The monoisotopic (exact) mass is 124 g/mol. The van der Waals surface area contributed by atoms with Gasteiger partial charge in [0.1, 0.15) is 6.11 Å². The maximum Gasteiger partial charge on any atom is 0.115 e. The Bertz CT molecular complexity index is 116. The molecule has 0 fully saturated rings. The van der Waals surface area contributed by atoms with Crippen molar-refractivity contribution in [3.8, 4) is 12.0 Å². The van der Waals surface area contributed by atoms with E-state index in [4.69, 9.17) is 0 Å². The Morgan fingerprint density at radius 2 is 2.44 bits per heavy atom. The molecule has 0 radical (unpaired) electrons. The summed E-state index contributed by atoms with van der Waals surface area (Å²) in [6.07, 6.45) is 7.08. The quantitative estimate of drug-likeness (QED) is 0.318. The van der Waals surface area contributed by atoms with Crippen molar-refractivity contribution in [2.24, 2.45) is 0 Å². The molecule has 0 amide bonds. The maximum absolute atomic E-state index is 4.58. The summed E-state index contributed by atoms with van der Waals surface area (Å²) in [4.78, 5) is 0. The van der Waals surface area contributed by atoms with Crippen LogP contribution in [0.2, 0.25) is 0 Å². The third kappa shape index (κ3) is 7.10. The fourth-order valence-electron chi connectivity index (χ4n) is 0.400. The summed E-state index contributed by atoms with van der Waals surface area (Å²) in [5.41, 5.74) is 0. The number of hydrogen-bond donors (Lipinski definition) is 0. The van der Waals surface area contributed by atoms with Gasteiger partial charge in [-0.15, -0.1) is 0 Å². The van der Waals surface area contributed by atoms with Crippen molar-refractivity contribution in [1.82, 2.24) is 0 Å². The Morgan fingerprint density at radius 3 is 3.00 bits per heavy atom. The highest BCUT2D eigenvalue weighted by atomic mass is 16.5. The van der Waals surface area contributed by atoms with Crippen LogP contribution in [0.5, 0.6) is 0 Å². The zero-order chi connectivity index (χ0) is 6.95. The summed E-state index contributed by atoms with van der Waals surface area (Å²) in [6.45, 7) is 5.49. The lowest BCUT2D eigenvalue weighted by atomic mass is 10.3. The second kappa shape index (κ2) is 7.10. The molecular formula is C8H12O. The van der Waals surface area contributed by atoms with Gasteiger partial charge in [0.2, 0.25) is 0 Å². The van der Waals surface area contributed by atoms with Crippen LogP contribution in [-0.4, -0.2) is 0 Å². The van der Waals surface area contributed by atoms with Gasteiger partial charge in [0.05, 0.1) is 6.26 Å². The van der Waals surface area contributed by atoms with Crippen LogP contribution in [0.1, 0.15) is 26.2 Å². The molecule has 0 aromatic rings. The van der Waals surface area contributed by atoms with Gasteiger partial charge in [0.25, 0.3) is 0 Å². The summed E-state index contributed by atoms with van der Waals surface area (Å²) in [6, 6.07) is 0. The van der Waals surface area contributed by atoms with Gasteiger partial charge in [-0.1, -0.05) is 25.8 Å². The average molecular weight is 124 g/mol. The highest BCUT2D eigenvalue weighted by Crippen LogP contribution is 1.89. The van der Waals surface area contributed by atoms with Gasteiger partial charge in [-0.05, 0) is 6.42 Å². The molecule has 0 aromatic carbocycles. The highest BCUT2D eigenvalue weighted by molar-refractivity contribution is 4.92. The van der Waals surface area contributed by atoms with E-state index >= 15 is 0 Å². The molecule has 0 heterocycles. The van der Waals surface area contributed by atoms with Crippen LogP contribution in [0, 0.1) is 12.0 Å². The van der Waals surface area contributed by atoms with Gasteiger partial charge in [-0.3, -0.25) is 0 Å². The Balaban J connectivity index is 3.05. The van der Waals surface area contributed by atoms with Gasteiger partial charge < -0.3 is 4.74 Å². The van der Waals surface area contributed by atoms with Crippen LogP contribution in [-0.2, 0) is 4.74 Å². The second-order valence-electron chi connectivity index (χ2n) is 1.67. The van der Waals surface area contributed by atoms with Gasteiger partial charge in [0.15, 0.2) is 0 Å². The predicted octanol–water partition coefficient (Wildman–Crippen LogP) is 2.30. The van der Waals surface area contributed by atoms with Crippen molar-refractivity contribution in [2.45, 2.75) is 26.2 Å². The first kappa shape index (κ1) is 8.10. The highest BCUT2D eigenvalue weighted by Gasteiger charge is 1.74. The SMILES string of the molecule is C=COC#CCCCC. The van der Waals surface area contributed by atoms with E-state index in [0.29, 0.717) is 0 Å². The van der Waals surface area contributed by atoms with E-state index < -0.39 is 0 Å². The zero-order valence-electron chi connectivity index (χ0n) is 5.81. The van der Waals surface area contributed by atoms with Crippen LogP contribution in [0.25, 0.3) is 0 Å². The number of hydrogen-bond acceptors (Lipinski definition) is 1. The first-order chi connectivity index (χ1) is 4.41. The molecule has 0 atom stereocenters. The Labute approximate surface area is 56.7 Å². The minimum absolute atomic E-state index is 0.921. The third-order valence-corrected chi connectivity index (χ3v) is 0.870. The van der Waals surface area contributed by atoms with Crippen LogP contribution in [0.4, 0.5) is 0 Å². The summed E-state index contributed by atoms with van der Waals surface area (Å²) in [5, 5.41) is 0. The molecule has 1 heteroatoms. The van der Waals surface area contributed by atoms with Gasteiger partial charge in [-0.25, -0.2) is 0 Å². The van der Waals surface area contributed by atoms with E-state index in [9.17, 15) is 0 Å². The Morgan fingerprint density at radius 1 is 1.67 bits per heavy atom. The molecule has 0 bridgehead atoms. The van der Waals surface area contributed by atoms with E-state index in [1.807, 2.05) is 0 Å². The minimum atomic E-state index is 0.921. The fourth-order valence-corrected chi connectivity index (χ4v) is 0.400. The van der Waals surface area contributed by atoms with Crippen molar-refractivity contribution in [3.63, 3.8) is 0 Å². The van der Waals surface area contributed by atoms with E-state index in [2.05, 4.69) is 30.3 Å². The standard InChI is InChI=1S/C8H12O/c1-3-5-6-7-8-9-4-2/h4H,2-3,5-6H2,1H3. The lowest BCUT2D eigenvalue weighted by molar-refractivity contribution is 0.441. The van der Waals surface area contributed by atoms with Gasteiger partial charge >= 0.3 is 0 Å². The molecule has 0 aromatic heterocycles. The van der Waals surface area contributed by atoms with E-state index in [-0.39, 0.29) is 0 Å². The zero-order valence-corrected chi connectivity index (χ0v) is 5.81. The smallest absolute Gasteiger partial charge is 0.115 e. The lowest BCUT2D eigenvalue weighted by Gasteiger charge is -1.82. The molecule has 0 aliphatic heterocycles. The summed E-state index contributed by atoms with van der Waals surface area (Å²) >= 11 is 0. The first-order valence-corrected chi connectivity index (χ1v) is 3.16. The largest absolute Gasteiger partial charge is 0.416 e. The van der Waals surface area contributed by atoms with Crippen LogP contribution in [0.3, 0.4) is 0 Å². The Hall–Kier alpha value is -0.900. The summed E-state index contributed by atoms with van der Waals surface area (Å²) in [5.74, 6) is 2.84. The van der Waals surface area contributed by atoms with Crippen LogP contribution >= 0.6 is 0 Å².